The lowest BCUT2D eigenvalue weighted by atomic mass is 10.2. The number of para-hydroxylation sites is 1. The summed E-state index contributed by atoms with van der Waals surface area (Å²) in [5, 5.41) is 17.4. The summed E-state index contributed by atoms with van der Waals surface area (Å²) < 4.78 is 5.34. The molecule has 0 radical (unpaired) electrons. The Labute approximate surface area is 172 Å². The topological polar surface area (TPSA) is 101 Å². The number of thiazole rings is 1. The Morgan fingerprint density at radius 1 is 1.07 bits per heavy atom. The molecular weight excluding hydrogens is 390 g/mol. The van der Waals surface area contributed by atoms with Crippen LogP contribution in [0, 0.1) is 0 Å². The predicted molar refractivity (Wildman–Crippen MR) is 111 cm³/mol. The highest BCUT2D eigenvalue weighted by Crippen LogP contribution is 2.31. The molecule has 3 aromatic rings. The first-order chi connectivity index (χ1) is 14.1. The van der Waals surface area contributed by atoms with Crippen LogP contribution in [0.25, 0.3) is 10.6 Å². The van der Waals surface area contributed by atoms with E-state index in [0.29, 0.717) is 41.5 Å². The zero-order chi connectivity index (χ0) is 20.6. The van der Waals surface area contributed by atoms with Crippen LogP contribution < -0.4 is 15.4 Å². The van der Waals surface area contributed by atoms with Crippen LogP contribution in [-0.4, -0.2) is 42.1 Å². The highest BCUT2D eigenvalue weighted by Gasteiger charge is 2.14. The quantitative estimate of drug-likeness (QED) is 0.495. The molecule has 0 saturated heterocycles. The van der Waals surface area contributed by atoms with Crippen LogP contribution in [0.15, 0.2) is 53.9 Å². The number of hydrogen-bond acceptors (Lipinski definition) is 6. The minimum absolute atomic E-state index is 0.0423. The average molecular weight is 411 g/mol. The van der Waals surface area contributed by atoms with E-state index in [1.165, 1.54) is 23.5 Å². The first-order valence-electron chi connectivity index (χ1n) is 9.03. The molecule has 0 aliphatic rings. The molecule has 2 aromatic carbocycles. The van der Waals surface area contributed by atoms with Crippen LogP contribution in [-0.2, 0) is 0 Å². The van der Waals surface area contributed by atoms with E-state index in [0.717, 1.165) is 5.56 Å². The lowest BCUT2D eigenvalue weighted by Gasteiger charge is -2.06. The molecule has 1 aromatic heterocycles. The van der Waals surface area contributed by atoms with E-state index in [1.54, 1.807) is 24.6 Å². The second kappa shape index (κ2) is 9.70. The second-order valence-electron chi connectivity index (χ2n) is 6.15. The van der Waals surface area contributed by atoms with Gasteiger partial charge in [-0.3, -0.25) is 9.59 Å². The SMILES string of the molecule is COc1ccccc1-c1nc(C(=O)NCCCNC(=O)c2cccc(O)c2)cs1. The van der Waals surface area contributed by atoms with E-state index in [1.807, 2.05) is 24.3 Å². The van der Waals surface area contributed by atoms with Crippen LogP contribution in [0.5, 0.6) is 11.5 Å². The van der Waals surface area contributed by atoms with Crippen molar-refractivity contribution in [2.24, 2.45) is 0 Å². The van der Waals surface area contributed by atoms with Crippen molar-refractivity contribution in [2.75, 3.05) is 20.2 Å². The van der Waals surface area contributed by atoms with E-state index in [4.69, 9.17) is 4.74 Å². The number of hydrogen-bond donors (Lipinski definition) is 3. The maximum atomic E-state index is 12.3. The minimum atomic E-state index is -0.270. The fourth-order valence-electron chi connectivity index (χ4n) is 2.66. The number of carbonyl (C=O) groups is 2. The molecule has 0 fully saturated rings. The van der Waals surface area contributed by atoms with Crippen molar-refractivity contribution in [2.45, 2.75) is 6.42 Å². The molecule has 0 atom stereocenters. The number of phenolic OH excluding ortho intramolecular Hbond substituents is 1. The third-order valence-electron chi connectivity index (χ3n) is 4.11. The summed E-state index contributed by atoms with van der Waals surface area (Å²) in [5.41, 5.74) is 1.58. The summed E-state index contributed by atoms with van der Waals surface area (Å²) in [6.07, 6.45) is 0.569. The first kappa shape index (κ1) is 20.3. The van der Waals surface area contributed by atoms with E-state index in [9.17, 15) is 14.7 Å². The predicted octanol–water partition coefficient (Wildman–Crippen LogP) is 3.07. The number of nitrogens with zero attached hydrogens (tertiary/aromatic N) is 1. The van der Waals surface area contributed by atoms with Crippen LogP contribution in [0.3, 0.4) is 0 Å². The summed E-state index contributed by atoms with van der Waals surface area (Å²) in [7, 11) is 1.60. The van der Waals surface area contributed by atoms with Crippen molar-refractivity contribution in [3.8, 4) is 22.1 Å². The molecule has 29 heavy (non-hydrogen) atoms. The molecule has 0 spiro atoms. The van der Waals surface area contributed by atoms with Crippen molar-refractivity contribution in [3.63, 3.8) is 0 Å². The van der Waals surface area contributed by atoms with Gasteiger partial charge in [0.2, 0.25) is 0 Å². The van der Waals surface area contributed by atoms with E-state index >= 15 is 0 Å². The zero-order valence-electron chi connectivity index (χ0n) is 15.8. The van der Waals surface area contributed by atoms with Gasteiger partial charge in [0.1, 0.15) is 22.2 Å². The molecule has 8 heteroatoms. The Morgan fingerprint density at radius 2 is 1.83 bits per heavy atom. The number of benzene rings is 2. The highest BCUT2D eigenvalue weighted by atomic mass is 32.1. The highest BCUT2D eigenvalue weighted by molar-refractivity contribution is 7.13. The Bertz CT molecular complexity index is 1000. The fraction of sp³-hybridized carbons (Fsp3) is 0.190. The van der Waals surface area contributed by atoms with E-state index in [2.05, 4.69) is 15.6 Å². The number of aromatic nitrogens is 1. The van der Waals surface area contributed by atoms with Gasteiger partial charge < -0.3 is 20.5 Å². The third-order valence-corrected chi connectivity index (χ3v) is 4.98. The smallest absolute Gasteiger partial charge is 0.270 e. The van der Waals surface area contributed by atoms with Crippen molar-refractivity contribution in [1.82, 2.24) is 15.6 Å². The lowest BCUT2D eigenvalue weighted by molar-refractivity contribution is 0.0948. The van der Waals surface area contributed by atoms with Crippen molar-refractivity contribution < 1.29 is 19.4 Å². The lowest BCUT2D eigenvalue weighted by Crippen LogP contribution is -2.30. The molecule has 3 rings (SSSR count). The standard InChI is InChI=1S/C21H21N3O4S/c1-28-18-9-3-2-8-16(18)21-24-17(13-29-21)20(27)23-11-5-10-22-19(26)14-6-4-7-15(25)12-14/h2-4,6-9,12-13,25H,5,10-11H2,1H3,(H,22,26)(H,23,27). The van der Waals surface area contributed by atoms with Crippen LogP contribution in [0.1, 0.15) is 27.3 Å². The number of phenols is 1. The summed E-state index contributed by atoms with van der Waals surface area (Å²) in [6.45, 7) is 0.805. The Balaban J connectivity index is 1.46. The molecule has 0 aliphatic heterocycles. The van der Waals surface area contributed by atoms with Gasteiger partial charge in [-0.25, -0.2) is 4.98 Å². The van der Waals surface area contributed by atoms with Gasteiger partial charge in [-0.1, -0.05) is 18.2 Å². The number of carbonyl (C=O) groups excluding carboxylic acids is 2. The van der Waals surface area contributed by atoms with Crippen molar-refractivity contribution in [1.29, 1.82) is 0 Å². The van der Waals surface area contributed by atoms with Crippen LogP contribution in [0.4, 0.5) is 0 Å². The van der Waals surface area contributed by atoms with Gasteiger partial charge in [0, 0.05) is 24.0 Å². The number of ether oxygens (including phenoxy) is 1. The molecule has 1 heterocycles. The maximum Gasteiger partial charge on any atom is 0.270 e. The summed E-state index contributed by atoms with van der Waals surface area (Å²) in [5.74, 6) is 0.215. The normalized spacial score (nSPS) is 10.4. The van der Waals surface area contributed by atoms with Gasteiger partial charge in [0.25, 0.3) is 11.8 Å². The van der Waals surface area contributed by atoms with Gasteiger partial charge >= 0.3 is 0 Å². The van der Waals surface area contributed by atoms with Gasteiger partial charge in [-0.15, -0.1) is 11.3 Å². The van der Waals surface area contributed by atoms with Crippen LogP contribution >= 0.6 is 11.3 Å². The fourth-order valence-corrected chi connectivity index (χ4v) is 3.48. The Hall–Kier alpha value is -3.39. The largest absolute Gasteiger partial charge is 0.508 e. The molecule has 0 unspecified atom stereocenters. The van der Waals surface area contributed by atoms with Crippen molar-refractivity contribution >= 4 is 23.2 Å². The number of rotatable bonds is 8. The number of amides is 2. The van der Waals surface area contributed by atoms with Gasteiger partial charge in [-0.2, -0.15) is 0 Å². The summed E-state index contributed by atoms with van der Waals surface area (Å²) >= 11 is 1.38. The molecule has 150 valence electrons. The maximum absolute atomic E-state index is 12.3. The first-order valence-corrected chi connectivity index (χ1v) is 9.91. The second-order valence-corrected chi connectivity index (χ2v) is 7.01. The Morgan fingerprint density at radius 3 is 2.59 bits per heavy atom. The number of methoxy groups -OCH3 is 1. The molecule has 3 N–H and O–H groups in total. The Kier molecular flexibility index (Phi) is 6.80. The van der Waals surface area contributed by atoms with Crippen LogP contribution in [0.2, 0.25) is 0 Å². The molecule has 0 saturated carbocycles. The molecule has 2 amide bonds. The van der Waals surface area contributed by atoms with E-state index < -0.39 is 0 Å². The van der Waals surface area contributed by atoms with Gasteiger partial charge in [0.05, 0.1) is 12.7 Å². The van der Waals surface area contributed by atoms with E-state index in [-0.39, 0.29) is 17.6 Å². The molecule has 7 nitrogen and oxygen atoms in total. The number of aromatic hydroxyl groups is 1. The summed E-state index contributed by atoms with van der Waals surface area (Å²) in [6, 6.07) is 13.7. The monoisotopic (exact) mass is 411 g/mol. The van der Waals surface area contributed by atoms with Gasteiger partial charge in [0.15, 0.2) is 0 Å². The number of nitrogens with one attached hydrogen (secondary N) is 2. The molecule has 0 bridgehead atoms. The van der Waals surface area contributed by atoms with Gasteiger partial charge in [-0.05, 0) is 36.8 Å². The minimum Gasteiger partial charge on any atom is -0.508 e. The third kappa shape index (κ3) is 5.32. The summed E-state index contributed by atoms with van der Waals surface area (Å²) in [4.78, 5) is 28.7. The van der Waals surface area contributed by atoms with Crippen molar-refractivity contribution in [3.05, 3.63) is 65.2 Å². The molecule has 0 aliphatic carbocycles. The zero-order valence-corrected chi connectivity index (χ0v) is 16.7. The average Bonchev–Trinajstić information content (AvgIpc) is 3.23. The molecular formula is C21H21N3O4S.